The minimum atomic E-state index is -0.759. The van der Waals surface area contributed by atoms with E-state index < -0.39 is 11.6 Å². The van der Waals surface area contributed by atoms with Crippen molar-refractivity contribution in [2.75, 3.05) is 13.2 Å². The van der Waals surface area contributed by atoms with E-state index in [0.717, 1.165) is 25.8 Å². The highest BCUT2D eigenvalue weighted by molar-refractivity contribution is 6.01. The summed E-state index contributed by atoms with van der Waals surface area (Å²) >= 11 is 0. The molecule has 1 rings (SSSR count). The Morgan fingerprint density at radius 2 is 1.94 bits per heavy atom. The summed E-state index contributed by atoms with van der Waals surface area (Å²) in [7, 11) is 0. The zero-order valence-electron chi connectivity index (χ0n) is 10.3. The molecule has 0 amide bonds. The van der Waals surface area contributed by atoms with Gasteiger partial charge in [0.1, 0.15) is 23.2 Å². The highest BCUT2D eigenvalue weighted by Gasteiger charge is 2.45. The fourth-order valence-electron chi connectivity index (χ4n) is 2.55. The molecule has 1 unspecified atom stereocenters. The molecule has 1 aliphatic heterocycles. The lowest BCUT2D eigenvalue weighted by atomic mass is 9.82. The van der Waals surface area contributed by atoms with Crippen molar-refractivity contribution >= 4 is 11.6 Å². The van der Waals surface area contributed by atoms with Crippen LogP contribution in [0, 0.1) is 5.92 Å². The summed E-state index contributed by atoms with van der Waals surface area (Å²) in [5.74, 6) is -0.904. The van der Waals surface area contributed by atoms with Crippen LogP contribution in [0.1, 0.15) is 40.0 Å². The van der Waals surface area contributed by atoms with Gasteiger partial charge in [-0.25, -0.2) is 0 Å². The molecule has 1 saturated heterocycles. The average Bonchev–Trinajstić information content (AvgIpc) is 2.17. The smallest absolute Gasteiger partial charge is 0.144 e. The second-order valence-corrected chi connectivity index (χ2v) is 4.36. The predicted octanol–water partition coefficient (Wildman–Crippen LogP) is 1.29. The van der Waals surface area contributed by atoms with Gasteiger partial charge in [0.15, 0.2) is 0 Å². The molecule has 1 aliphatic rings. The van der Waals surface area contributed by atoms with Gasteiger partial charge >= 0.3 is 0 Å². The topological polar surface area (TPSA) is 55.4 Å². The van der Waals surface area contributed by atoms with Gasteiger partial charge in [-0.2, -0.15) is 0 Å². The minimum absolute atomic E-state index is 0.115. The van der Waals surface area contributed by atoms with E-state index >= 15 is 0 Å². The second kappa shape index (κ2) is 5.55. The zero-order chi connectivity index (χ0) is 12.2. The van der Waals surface area contributed by atoms with Gasteiger partial charge < -0.3 is 4.74 Å². The van der Waals surface area contributed by atoms with Crippen LogP contribution in [0.3, 0.4) is 0 Å². The van der Waals surface area contributed by atoms with E-state index in [1.54, 1.807) is 0 Å². The molecule has 16 heavy (non-hydrogen) atoms. The van der Waals surface area contributed by atoms with Crippen molar-refractivity contribution in [3.63, 3.8) is 0 Å². The molecule has 4 nitrogen and oxygen atoms in total. The van der Waals surface area contributed by atoms with Crippen molar-refractivity contribution in [3.8, 4) is 0 Å². The van der Waals surface area contributed by atoms with E-state index in [-0.39, 0.29) is 11.6 Å². The molecule has 1 fully saturated rings. The average molecular weight is 227 g/mol. The van der Waals surface area contributed by atoms with Gasteiger partial charge in [-0.05, 0) is 46.6 Å². The summed E-state index contributed by atoms with van der Waals surface area (Å²) in [6, 6.07) is 0. The van der Waals surface area contributed by atoms with Crippen molar-refractivity contribution in [2.24, 2.45) is 5.92 Å². The first-order valence-electron chi connectivity index (χ1n) is 5.93. The van der Waals surface area contributed by atoms with Crippen LogP contribution in [0.2, 0.25) is 0 Å². The van der Waals surface area contributed by atoms with Crippen LogP contribution in [0.15, 0.2) is 0 Å². The molecule has 0 bridgehead atoms. The number of Topliss-reactive ketones (excluding diaryl/α,β-unsaturated/α-hetero) is 2. The van der Waals surface area contributed by atoms with Crippen LogP contribution in [0.25, 0.3) is 0 Å². The number of hydrogen-bond acceptors (Lipinski definition) is 4. The molecular weight excluding hydrogens is 206 g/mol. The van der Waals surface area contributed by atoms with Crippen LogP contribution in [-0.2, 0) is 14.3 Å². The van der Waals surface area contributed by atoms with Gasteiger partial charge in [0, 0.05) is 6.61 Å². The van der Waals surface area contributed by atoms with Gasteiger partial charge in [0.2, 0.25) is 0 Å². The first kappa shape index (κ1) is 13.3. The third-order valence-electron chi connectivity index (χ3n) is 3.08. The first-order chi connectivity index (χ1) is 7.53. The van der Waals surface area contributed by atoms with Crippen molar-refractivity contribution in [1.82, 2.24) is 5.32 Å². The van der Waals surface area contributed by atoms with E-state index in [4.69, 9.17) is 4.74 Å². The van der Waals surface area contributed by atoms with E-state index in [0.29, 0.717) is 6.61 Å². The highest BCUT2D eigenvalue weighted by Crippen LogP contribution is 2.30. The first-order valence-corrected chi connectivity index (χ1v) is 5.93. The van der Waals surface area contributed by atoms with Gasteiger partial charge in [-0.1, -0.05) is 0 Å². The second-order valence-electron chi connectivity index (χ2n) is 4.36. The Morgan fingerprint density at radius 3 is 2.31 bits per heavy atom. The van der Waals surface area contributed by atoms with Crippen LogP contribution in [-0.4, -0.2) is 30.4 Å². The Morgan fingerprint density at radius 1 is 1.31 bits per heavy atom. The van der Waals surface area contributed by atoms with Gasteiger partial charge in [-0.15, -0.1) is 0 Å². The molecule has 0 spiro atoms. The maximum Gasteiger partial charge on any atom is 0.144 e. The third-order valence-corrected chi connectivity index (χ3v) is 3.08. The molecule has 1 N–H and O–H groups in total. The molecule has 1 atom stereocenters. The maximum atomic E-state index is 11.6. The van der Waals surface area contributed by atoms with Crippen molar-refractivity contribution in [1.29, 1.82) is 0 Å². The summed E-state index contributed by atoms with van der Waals surface area (Å²) < 4.78 is 5.70. The standard InChI is InChI=1S/C12H21NO3/c1-4-16-12(7-5-6-8-13-12)11(9(2)14)10(3)15/h11,13H,4-8H2,1-3H3. The highest BCUT2D eigenvalue weighted by atomic mass is 16.5. The molecule has 0 aromatic carbocycles. The third kappa shape index (κ3) is 2.68. The van der Waals surface area contributed by atoms with Crippen LogP contribution < -0.4 is 5.32 Å². The molecule has 0 aromatic heterocycles. The van der Waals surface area contributed by atoms with Crippen molar-refractivity contribution < 1.29 is 14.3 Å². The number of ether oxygens (including phenoxy) is 1. The lowest BCUT2D eigenvalue weighted by Crippen LogP contribution is -2.59. The Hall–Kier alpha value is -0.740. The van der Waals surface area contributed by atoms with Gasteiger partial charge in [0.05, 0.1) is 0 Å². The van der Waals surface area contributed by atoms with Crippen LogP contribution in [0.4, 0.5) is 0 Å². The Balaban J connectivity index is 2.96. The largest absolute Gasteiger partial charge is 0.360 e. The van der Waals surface area contributed by atoms with Crippen LogP contribution in [0.5, 0.6) is 0 Å². The van der Waals surface area contributed by atoms with Crippen LogP contribution >= 0.6 is 0 Å². The Labute approximate surface area is 96.7 Å². The molecule has 0 radical (unpaired) electrons. The van der Waals surface area contributed by atoms with Crippen molar-refractivity contribution in [3.05, 3.63) is 0 Å². The summed E-state index contributed by atoms with van der Waals surface area (Å²) in [4.78, 5) is 23.2. The summed E-state index contributed by atoms with van der Waals surface area (Å²) in [6.07, 6.45) is 2.78. The number of carbonyl (C=O) groups excluding carboxylic acids is 2. The minimum Gasteiger partial charge on any atom is -0.360 e. The van der Waals surface area contributed by atoms with Crippen molar-refractivity contribution in [2.45, 2.75) is 45.8 Å². The van der Waals surface area contributed by atoms with Gasteiger partial charge in [0.25, 0.3) is 0 Å². The number of carbonyl (C=O) groups is 2. The lowest BCUT2D eigenvalue weighted by molar-refractivity contribution is -0.158. The van der Waals surface area contributed by atoms with Gasteiger partial charge in [-0.3, -0.25) is 14.9 Å². The maximum absolute atomic E-state index is 11.6. The number of nitrogens with one attached hydrogen (secondary N) is 1. The van der Waals surface area contributed by atoms with E-state index in [1.807, 2.05) is 6.92 Å². The van der Waals surface area contributed by atoms with E-state index in [9.17, 15) is 9.59 Å². The zero-order valence-corrected chi connectivity index (χ0v) is 10.3. The summed E-state index contributed by atoms with van der Waals surface area (Å²) in [5, 5.41) is 3.23. The SMILES string of the molecule is CCOC1(C(C(C)=O)C(C)=O)CCCCN1. The fourth-order valence-corrected chi connectivity index (χ4v) is 2.55. The lowest BCUT2D eigenvalue weighted by Gasteiger charge is -2.41. The molecular formula is C12H21NO3. The monoisotopic (exact) mass is 227 g/mol. The Kier molecular flexibility index (Phi) is 4.62. The van der Waals surface area contributed by atoms with E-state index in [2.05, 4.69) is 5.32 Å². The normalized spacial score (nSPS) is 25.8. The number of piperidine rings is 1. The Bertz CT molecular complexity index is 250. The molecule has 92 valence electrons. The molecule has 4 heteroatoms. The summed E-state index contributed by atoms with van der Waals surface area (Å²) in [5.41, 5.74) is -0.759. The number of rotatable bonds is 5. The fraction of sp³-hybridized carbons (Fsp3) is 0.833. The molecule has 1 heterocycles. The number of ketones is 2. The molecule has 0 aliphatic carbocycles. The number of hydrogen-bond donors (Lipinski definition) is 1. The molecule has 0 saturated carbocycles. The van der Waals surface area contributed by atoms with E-state index in [1.165, 1.54) is 13.8 Å². The molecule has 0 aromatic rings. The summed E-state index contributed by atoms with van der Waals surface area (Å²) in [6.45, 7) is 6.11. The predicted molar refractivity (Wildman–Crippen MR) is 61.1 cm³/mol. The quantitative estimate of drug-likeness (QED) is 0.719.